The summed E-state index contributed by atoms with van der Waals surface area (Å²) in [5.41, 5.74) is 0. The lowest BCUT2D eigenvalue weighted by Crippen LogP contribution is -2.51. The zero-order valence-corrected chi connectivity index (χ0v) is 16.0. The molecule has 136 valence electrons. The van der Waals surface area contributed by atoms with Gasteiger partial charge in [-0.3, -0.25) is 4.79 Å². The molecule has 0 spiro atoms. The molecule has 1 N–H and O–H groups in total. The Morgan fingerprint density at radius 3 is 2.20 bits per heavy atom. The molecule has 1 atom stereocenters. The van der Waals surface area contributed by atoms with E-state index in [9.17, 15) is 13.2 Å². The molecule has 0 unspecified atom stereocenters. The van der Waals surface area contributed by atoms with Gasteiger partial charge in [-0.2, -0.15) is 4.72 Å². The summed E-state index contributed by atoms with van der Waals surface area (Å²) in [6, 6.07) is 11.8. The molecule has 0 saturated carbocycles. The molecular weight excluding hydrogens is 336 g/mol. The molecule has 0 heterocycles. The Morgan fingerprint density at radius 2 is 1.64 bits per heavy atom. The first-order valence-electron chi connectivity index (χ1n) is 8.60. The molecule has 25 heavy (non-hydrogen) atoms. The van der Waals surface area contributed by atoms with E-state index < -0.39 is 16.1 Å². The molecular formula is C19H26N2O3S. The van der Waals surface area contributed by atoms with E-state index in [2.05, 4.69) is 4.72 Å². The largest absolute Gasteiger partial charge is 0.342 e. The quantitative estimate of drug-likeness (QED) is 0.823. The Bertz CT molecular complexity index is 843. The number of hydrogen-bond acceptors (Lipinski definition) is 3. The summed E-state index contributed by atoms with van der Waals surface area (Å²) in [6.45, 7) is 8.56. The average molecular weight is 362 g/mol. The van der Waals surface area contributed by atoms with Gasteiger partial charge in [-0.15, -0.1) is 0 Å². The number of fused-ring (bicyclic) bond motifs is 1. The van der Waals surface area contributed by atoms with Crippen LogP contribution in [0.5, 0.6) is 0 Å². The van der Waals surface area contributed by atoms with Gasteiger partial charge in [0.1, 0.15) is 6.04 Å². The van der Waals surface area contributed by atoms with Gasteiger partial charge >= 0.3 is 0 Å². The molecule has 0 fully saturated rings. The third-order valence-corrected chi connectivity index (χ3v) is 5.76. The van der Waals surface area contributed by atoms with Crippen LogP contribution in [-0.4, -0.2) is 38.4 Å². The molecule has 0 saturated heterocycles. The van der Waals surface area contributed by atoms with Gasteiger partial charge in [0, 0.05) is 13.1 Å². The summed E-state index contributed by atoms with van der Waals surface area (Å²) in [4.78, 5) is 14.5. The van der Waals surface area contributed by atoms with Crippen molar-refractivity contribution in [2.24, 2.45) is 5.92 Å². The van der Waals surface area contributed by atoms with Crippen molar-refractivity contribution < 1.29 is 13.2 Å². The van der Waals surface area contributed by atoms with Crippen molar-refractivity contribution in [1.29, 1.82) is 0 Å². The fourth-order valence-electron chi connectivity index (χ4n) is 2.77. The molecule has 2 aromatic carbocycles. The van der Waals surface area contributed by atoms with Crippen molar-refractivity contribution >= 4 is 26.7 Å². The molecule has 0 aromatic heterocycles. The van der Waals surface area contributed by atoms with Crippen molar-refractivity contribution in [3.8, 4) is 0 Å². The number of nitrogens with one attached hydrogen (secondary N) is 1. The van der Waals surface area contributed by atoms with Crippen LogP contribution in [0.1, 0.15) is 27.7 Å². The number of carbonyl (C=O) groups is 1. The number of amides is 1. The van der Waals surface area contributed by atoms with E-state index in [-0.39, 0.29) is 16.7 Å². The van der Waals surface area contributed by atoms with Gasteiger partial charge in [0.15, 0.2) is 0 Å². The molecule has 0 aliphatic rings. The number of sulfonamides is 1. The van der Waals surface area contributed by atoms with Gasteiger partial charge in [-0.1, -0.05) is 44.2 Å². The lowest BCUT2D eigenvalue weighted by atomic mass is 10.0. The van der Waals surface area contributed by atoms with E-state index in [0.29, 0.717) is 13.1 Å². The third-order valence-electron chi connectivity index (χ3n) is 4.32. The van der Waals surface area contributed by atoms with E-state index in [1.165, 1.54) is 0 Å². The molecule has 0 aliphatic carbocycles. The molecule has 0 bridgehead atoms. The average Bonchev–Trinajstić information content (AvgIpc) is 2.60. The Labute approximate surface area is 150 Å². The van der Waals surface area contributed by atoms with E-state index in [1.54, 1.807) is 23.1 Å². The van der Waals surface area contributed by atoms with Crippen molar-refractivity contribution in [1.82, 2.24) is 9.62 Å². The summed E-state index contributed by atoms with van der Waals surface area (Å²) in [7, 11) is -3.79. The first-order chi connectivity index (χ1) is 11.8. The summed E-state index contributed by atoms with van der Waals surface area (Å²) in [5.74, 6) is -0.340. The summed E-state index contributed by atoms with van der Waals surface area (Å²) >= 11 is 0. The van der Waals surface area contributed by atoms with Gasteiger partial charge < -0.3 is 4.90 Å². The fourth-order valence-corrected chi connectivity index (χ4v) is 4.15. The number of rotatable bonds is 7. The number of hydrogen-bond donors (Lipinski definition) is 1. The van der Waals surface area contributed by atoms with E-state index >= 15 is 0 Å². The van der Waals surface area contributed by atoms with Crippen LogP contribution in [0, 0.1) is 5.92 Å². The second-order valence-corrected chi connectivity index (χ2v) is 8.08. The van der Waals surface area contributed by atoms with Crippen LogP contribution in [0.3, 0.4) is 0 Å². The first kappa shape index (κ1) is 19.4. The van der Waals surface area contributed by atoms with E-state index in [1.807, 2.05) is 52.0 Å². The highest BCUT2D eigenvalue weighted by Crippen LogP contribution is 2.20. The number of carbonyl (C=O) groups excluding carboxylic acids is 1. The van der Waals surface area contributed by atoms with Crippen LogP contribution < -0.4 is 4.72 Å². The smallest absolute Gasteiger partial charge is 0.241 e. The van der Waals surface area contributed by atoms with Crippen LogP contribution in [0.15, 0.2) is 47.4 Å². The Kier molecular flexibility index (Phi) is 6.19. The zero-order valence-electron chi connectivity index (χ0n) is 15.2. The standard InChI is InChI=1S/C19H26N2O3S/c1-5-21(6-2)19(22)18(14(3)4)20-25(23,24)17-12-11-15-9-7-8-10-16(15)13-17/h7-14,18,20H,5-6H2,1-4H3/t18-/m0/s1. The minimum atomic E-state index is -3.79. The van der Waals surface area contributed by atoms with Crippen LogP contribution in [0.2, 0.25) is 0 Å². The Morgan fingerprint density at radius 1 is 1.04 bits per heavy atom. The zero-order chi connectivity index (χ0) is 18.6. The summed E-state index contributed by atoms with van der Waals surface area (Å²) in [5, 5.41) is 1.82. The fraction of sp³-hybridized carbons (Fsp3) is 0.421. The predicted molar refractivity (Wildman–Crippen MR) is 101 cm³/mol. The first-order valence-corrected chi connectivity index (χ1v) is 10.1. The van der Waals surface area contributed by atoms with Gasteiger partial charge in [-0.05, 0) is 42.7 Å². The predicted octanol–water partition coefficient (Wildman–Crippen LogP) is 3.01. The van der Waals surface area contributed by atoms with Gasteiger partial charge in [0.2, 0.25) is 15.9 Å². The van der Waals surface area contributed by atoms with E-state index in [0.717, 1.165) is 10.8 Å². The Hall–Kier alpha value is -1.92. The second kappa shape index (κ2) is 7.97. The summed E-state index contributed by atoms with van der Waals surface area (Å²) in [6.07, 6.45) is 0. The second-order valence-electron chi connectivity index (χ2n) is 6.36. The lowest BCUT2D eigenvalue weighted by Gasteiger charge is -2.28. The van der Waals surface area contributed by atoms with Crippen molar-refractivity contribution in [3.63, 3.8) is 0 Å². The molecule has 0 radical (unpaired) electrons. The minimum Gasteiger partial charge on any atom is -0.342 e. The SMILES string of the molecule is CCN(CC)C(=O)[C@@H](NS(=O)(=O)c1ccc2ccccc2c1)C(C)C. The molecule has 0 aliphatic heterocycles. The van der Waals surface area contributed by atoms with Crippen molar-refractivity contribution in [2.45, 2.75) is 38.6 Å². The topological polar surface area (TPSA) is 66.5 Å². The maximum atomic E-state index is 12.8. The highest BCUT2D eigenvalue weighted by Gasteiger charge is 2.30. The number of likely N-dealkylation sites (N-methyl/N-ethyl adjacent to an activating group) is 1. The molecule has 1 amide bonds. The molecule has 2 aromatic rings. The normalized spacial score (nSPS) is 13.2. The number of benzene rings is 2. The van der Waals surface area contributed by atoms with Gasteiger partial charge in [-0.25, -0.2) is 8.42 Å². The van der Waals surface area contributed by atoms with Crippen molar-refractivity contribution in [2.75, 3.05) is 13.1 Å². The van der Waals surface area contributed by atoms with Gasteiger partial charge in [0.25, 0.3) is 0 Å². The Balaban J connectivity index is 2.34. The van der Waals surface area contributed by atoms with Crippen LogP contribution in [0.4, 0.5) is 0 Å². The van der Waals surface area contributed by atoms with Crippen LogP contribution >= 0.6 is 0 Å². The third kappa shape index (κ3) is 4.38. The lowest BCUT2D eigenvalue weighted by molar-refractivity contribution is -0.133. The van der Waals surface area contributed by atoms with Crippen LogP contribution in [0.25, 0.3) is 10.8 Å². The maximum absolute atomic E-state index is 12.8. The van der Waals surface area contributed by atoms with Crippen molar-refractivity contribution in [3.05, 3.63) is 42.5 Å². The van der Waals surface area contributed by atoms with Crippen LogP contribution in [-0.2, 0) is 14.8 Å². The number of nitrogens with zero attached hydrogens (tertiary/aromatic N) is 1. The molecule has 2 rings (SSSR count). The highest BCUT2D eigenvalue weighted by atomic mass is 32.2. The van der Waals surface area contributed by atoms with E-state index in [4.69, 9.17) is 0 Å². The maximum Gasteiger partial charge on any atom is 0.241 e. The highest BCUT2D eigenvalue weighted by molar-refractivity contribution is 7.89. The summed E-state index contributed by atoms with van der Waals surface area (Å²) < 4.78 is 28.2. The monoisotopic (exact) mass is 362 g/mol. The molecule has 6 heteroatoms. The minimum absolute atomic E-state index is 0.150. The molecule has 5 nitrogen and oxygen atoms in total. The van der Waals surface area contributed by atoms with Gasteiger partial charge in [0.05, 0.1) is 4.90 Å².